The molecule has 0 atom stereocenters. The summed E-state index contributed by atoms with van der Waals surface area (Å²) in [5.41, 5.74) is -0.934. The molecule has 0 radical (unpaired) electrons. The first-order valence-electron chi connectivity index (χ1n) is 5.74. The van der Waals surface area contributed by atoms with Crippen molar-refractivity contribution in [3.63, 3.8) is 0 Å². The van der Waals surface area contributed by atoms with Crippen LogP contribution in [0.1, 0.15) is 22.3 Å². The topological polar surface area (TPSA) is 40.5 Å². The molecule has 1 aliphatic rings. The predicted octanol–water partition coefficient (Wildman–Crippen LogP) is 3.17. The fraction of sp³-hybridized carbons (Fsp3) is 0.308. The minimum absolute atomic E-state index is 0.315. The lowest BCUT2D eigenvalue weighted by atomic mass is 10.1. The Bertz CT molecular complexity index is 523. The number of halogens is 3. The summed E-state index contributed by atoms with van der Waals surface area (Å²) in [5, 5.41) is 9.07. The summed E-state index contributed by atoms with van der Waals surface area (Å²) in [6.45, 7) is 1.10. The number of carbonyl (C=O) groups is 1. The molecule has 102 valence electrons. The van der Waals surface area contributed by atoms with Crippen molar-refractivity contribution in [1.82, 2.24) is 0 Å². The Morgan fingerprint density at radius 1 is 1.26 bits per heavy atom. The molecule has 0 spiro atoms. The Balaban J connectivity index is 2.44. The molecule has 0 fully saturated rings. The smallest absolute Gasteiger partial charge is 0.416 e. The first-order chi connectivity index (χ1) is 8.89. The van der Waals surface area contributed by atoms with E-state index in [2.05, 4.69) is 0 Å². The van der Waals surface area contributed by atoms with E-state index in [1.807, 2.05) is 12.2 Å². The van der Waals surface area contributed by atoms with E-state index in [0.29, 0.717) is 24.8 Å². The standard InChI is InChI=1S/C13H12F3NO2/c14-13(15,16)9-4-5-11(10(8-9)12(18)19)17-6-2-1-3-7-17/h1-2,4-5,8H,3,6-7H2,(H,18,19). The molecule has 0 aromatic heterocycles. The highest BCUT2D eigenvalue weighted by Gasteiger charge is 2.32. The van der Waals surface area contributed by atoms with Gasteiger partial charge in [0.1, 0.15) is 0 Å². The van der Waals surface area contributed by atoms with Crippen LogP contribution in [0.3, 0.4) is 0 Å². The van der Waals surface area contributed by atoms with Crippen molar-refractivity contribution < 1.29 is 23.1 Å². The molecule has 19 heavy (non-hydrogen) atoms. The highest BCUT2D eigenvalue weighted by atomic mass is 19.4. The minimum Gasteiger partial charge on any atom is -0.478 e. The second-order valence-electron chi connectivity index (χ2n) is 4.24. The molecule has 0 bridgehead atoms. The average Bonchev–Trinajstić information content (AvgIpc) is 2.38. The summed E-state index contributed by atoms with van der Waals surface area (Å²) < 4.78 is 37.8. The van der Waals surface area contributed by atoms with Gasteiger partial charge in [0.25, 0.3) is 0 Å². The first-order valence-corrected chi connectivity index (χ1v) is 5.74. The van der Waals surface area contributed by atoms with Crippen molar-refractivity contribution in [2.45, 2.75) is 12.6 Å². The lowest BCUT2D eigenvalue weighted by molar-refractivity contribution is -0.137. The predicted molar refractivity (Wildman–Crippen MR) is 64.4 cm³/mol. The second-order valence-corrected chi connectivity index (χ2v) is 4.24. The van der Waals surface area contributed by atoms with Crippen molar-refractivity contribution in [3.8, 4) is 0 Å². The van der Waals surface area contributed by atoms with E-state index in [0.717, 1.165) is 12.5 Å². The van der Waals surface area contributed by atoms with Crippen molar-refractivity contribution in [2.24, 2.45) is 0 Å². The number of carboxylic acid groups (broad SMARTS) is 1. The van der Waals surface area contributed by atoms with E-state index < -0.39 is 17.7 Å². The number of hydrogen-bond donors (Lipinski definition) is 1. The summed E-state index contributed by atoms with van der Waals surface area (Å²) in [4.78, 5) is 12.9. The van der Waals surface area contributed by atoms with Gasteiger partial charge in [-0.25, -0.2) is 4.79 Å². The summed E-state index contributed by atoms with van der Waals surface area (Å²) in [6.07, 6.45) is 0.0401. The molecule has 1 aromatic carbocycles. The summed E-state index contributed by atoms with van der Waals surface area (Å²) in [7, 11) is 0. The molecule has 0 saturated carbocycles. The van der Waals surface area contributed by atoms with Gasteiger partial charge in [0.2, 0.25) is 0 Å². The van der Waals surface area contributed by atoms with Crippen LogP contribution < -0.4 is 4.90 Å². The molecule has 1 N–H and O–H groups in total. The molecular weight excluding hydrogens is 259 g/mol. The molecule has 3 nitrogen and oxygen atoms in total. The van der Waals surface area contributed by atoms with E-state index in [1.54, 1.807) is 4.90 Å². The number of hydrogen-bond acceptors (Lipinski definition) is 2. The van der Waals surface area contributed by atoms with Gasteiger partial charge in [-0.2, -0.15) is 13.2 Å². The van der Waals surface area contributed by atoms with Gasteiger partial charge in [-0.1, -0.05) is 12.2 Å². The summed E-state index contributed by atoms with van der Waals surface area (Å²) in [5.74, 6) is -1.35. The van der Waals surface area contributed by atoms with Crippen LogP contribution in [-0.2, 0) is 6.18 Å². The quantitative estimate of drug-likeness (QED) is 0.840. The molecule has 0 saturated heterocycles. The average molecular weight is 271 g/mol. The lowest BCUT2D eigenvalue weighted by Gasteiger charge is -2.27. The fourth-order valence-electron chi connectivity index (χ4n) is 2.02. The number of anilines is 1. The zero-order valence-electron chi connectivity index (χ0n) is 9.94. The summed E-state index contributed by atoms with van der Waals surface area (Å²) >= 11 is 0. The molecule has 6 heteroatoms. The van der Waals surface area contributed by atoms with E-state index in [-0.39, 0.29) is 5.56 Å². The Morgan fingerprint density at radius 2 is 2.00 bits per heavy atom. The fourth-order valence-corrected chi connectivity index (χ4v) is 2.02. The summed E-state index contributed by atoms with van der Waals surface area (Å²) in [6, 6.07) is 2.83. The van der Waals surface area contributed by atoms with Crippen LogP contribution in [0.15, 0.2) is 30.4 Å². The number of rotatable bonds is 2. The van der Waals surface area contributed by atoms with Gasteiger partial charge in [0.15, 0.2) is 0 Å². The Morgan fingerprint density at radius 3 is 2.53 bits per heavy atom. The van der Waals surface area contributed by atoms with Gasteiger partial charge in [0.05, 0.1) is 16.8 Å². The Kier molecular flexibility index (Phi) is 3.50. The third kappa shape index (κ3) is 2.89. The molecule has 0 amide bonds. The van der Waals surface area contributed by atoms with Crippen LogP contribution in [0.25, 0.3) is 0 Å². The van der Waals surface area contributed by atoms with Crippen molar-refractivity contribution >= 4 is 11.7 Å². The van der Waals surface area contributed by atoms with Crippen molar-refractivity contribution in [3.05, 3.63) is 41.5 Å². The number of benzene rings is 1. The maximum absolute atomic E-state index is 12.6. The van der Waals surface area contributed by atoms with Crippen LogP contribution >= 0.6 is 0 Å². The molecule has 0 aliphatic carbocycles. The SMILES string of the molecule is O=C(O)c1cc(C(F)(F)F)ccc1N1CC=CCC1. The molecule has 1 heterocycles. The molecular formula is C13H12F3NO2. The largest absolute Gasteiger partial charge is 0.478 e. The van der Waals surface area contributed by atoms with E-state index in [9.17, 15) is 18.0 Å². The maximum Gasteiger partial charge on any atom is 0.416 e. The Labute approximate surface area is 108 Å². The third-order valence-electron chi connectivity index (χ3n) is 2.95. The zero-order chi connectivity index (χ0) is 14.0. The maximum atomic E-state index is 12.6. The first kappa shape index (κ1) is 13.5. The van der Waals surface area contributed by atoms with Crippen molar-refractivity contribution in [1.29, 1.82) is 0 Å². The van der Waals surface area contributed by atoms with Crippen molar-refractivity contribution in [2.75, 3.05) is 18.0 Å². The van der Waals surface area contributed by atoms with Crippen LogP contribution in [0, 0.1) is 0 Å². The highest BCUT2D eigenvalue weighted by molar-refractivity contribution is 5.94. The van der Waals surface area contributed by atoms with Crippen LogP contribution in [0.4, 0.5) is 18.9 Å². The molecule has 1 aliphatic heterocycles. The van der Waals surface area contributed by atoms with Gasteiger partial charge in [-0.3, -0.25) is 0 Å². The normalized spacial score (nSPS) is 15.6. The van der Waals surface area contributed by atoms with Gasteiger partial charge >= 0.3 is 12.1 Å². The molecule has 0 unspecified atom stereocenters. The Hall–Kier alpha value is -1.98. The van der Waals surface area contributed by atoms with E-state index in [4.69, 9.17) is 5.11 Å². The van der Waals surface area contributed by atoms with Crippen LogP contribution in [0.2, 0.25) is 0 Å². The van der Waals surface area contributed by atoms with Gasteiger partial charge < -0.3 is 10.0 Å². The molecule has 2 rings (SSSR count). The highest BCUT2D eigenvalue weighted by Crippen LogP contribution is 2.33. The lowest BCUT2D eigenvalue weighted by Crippen LogP contribution is -2.28. The number of nitrogens with zero attached hydrogens (tertiary/aromatic N) is 1. The van der Waals surface area contributed by atoms with Crippen LogP contribution in [0.5, 0.6) is 0 Å². The van der Waals surface area contributed by atoms with E-state index >= 15 is 0 Å². The van der Waals surface area contributed by atoms with E-state index in [1.165, 1.54) is 6.07 Å². The third-order valence-corrected chi connectivity index (χ3v) is 2.95. The number of alkyl halides is 3. The van der Waals surface area contributed by atoms with Gasteiger partial charge in [-0.05, 0) is 24.6 Å². The molecule has 1 aromatic rings. The second kappa shape index (κ2) is 4.95. The monoisotopic (exact) mass is 271 g/mol. The van der Waals surface area contributed by atoms with Gasteiger partial charge in [-0.15, -0.1) is 0 Å². The van der Waals surface area contributed by atoms with Gasteiger partial charge in [0, 0.05) is 13.1 Å². The number of aromatic carboxylic acids is 1. The number of carboxylic acids is 1. The zero-order valence-corrected chi connectivity index (χ0v) is 9.94. The minimum atomic E-state index is -4.54. The van der Waals surface area contributed by atoms with Crippen LogP contribution in [-0.4, -0.2) is 24.2 Å².